The van der Waals surface area contributed by atoms with Gasteiger partial charge in [-0.1, -0.05) is 55.5 Å². The third-order valence-corrected chi connectivity index (χ3v) is 6.88. The molecule has 2 aromatic carbocycles. The standard InChI is InChI=1S/C23H25N3O2S/c1-4-15(2)17-9-5-6-10-18(17)26-14-16(13-21(26)27)22(28)24-23-25(3)19-11-7-8-12-20(19)29-23/h5-12,15-16H,4,13-14H2,1-3H3. The van der Waals surface area contributed by atoms with Gasteiger partial charge in [0.05, 0.1) is 16.1 Å². The van der Waals surface area contributed by atoms with E-state index in [1.54, 1.807) is 4.90 Å². The number of aryl methyl sites for hydroxylation is 1. The number of hydrogen-bond donors (Lipinski definition) is 0. The van der Waals surface area contributed by atoms with Crippen molar-refractivity contribution in [3.8, 4) is 0 Å². The minimum Gasteiger partial charge on any atom is -0.319 e. The molecule has 0 saturated carbocycles. The average molecular weight is 408 g/mol. The van der Waals surface area contributed by atoms with E-state index in [1.807, 2.05) is 54.1 Å². The molecule has 1 aliphatic heterocycles. The number of rotatable bonds is 4. The molecule has 2 heterocycles. The van der Waals surface area contributed by atoms with Crippen LogP contribution in [-0.2, 0) is 16.6 Å². The number of amides is 2. The summed E-state index contributed by atoms with van der Waals surface area (Å²) in [7, 11) is 1.92. The fourth-order valence-corrected chi connectivity index (χ4v) is 4.87. The molecule has 0 N–H and O–H groups in total. The van der Waals surface area contributed by atoms with Crippen molar-refractivity contribution in [2.75, 3.05) is 11.4 Å². The number of nitrogens with zero attached hydrogens (tertiary/aromatic N) is 3. The molecule has 2 atom stereocenters. The molecule has 2 amide bonds. The average Bonchev–Trinajstić information content (AvgIpc) is 3.28. The van der Waals surface area contributed by atoms with Gasteiger partial charge in [0, 0.05) is 25.7 Å². The van der Waals surface area contributed by atoms with Gasteiger partial charge >= 0.3 is 0 Å². The number of aromatic nitrogens is 1. The molecule has 0 spiro atoms. The summed E-state index contributed by atoms with van der Waals surface area (Å²) in [5.41, 5.74) is 3.13. The van der Waals surface area contributed by atoms with Gasteiger partial charge in [0.1, 0.15) is 0 Å². The van der Waals surface area contributed by atoms with Crippen molar-refractivity contribution in [3.63, 3.8) is 0 Å². The quantitative estimate of drug-likeness (QED) is 0.650. The van der Waals surface area contributed by atoms with E-state index in [9.17, 15) is 9.59 Å². The van der Waals surface area contributed by atoms with Gasteiger partial charge in [-0.15, -0.1) is 0 Å². The number of para-hydroxylation sites is 2. The summed E-state index contributed by atoms with van der Waals surface area (Å²) < 4.78 is 3.03. The molecule has 0 radical (unpaired) electrons. The Balaban J connectivity index is 1.61. The predicted octanol–water partition coefficient (Wildman–Crippen LogP) is 4.23. The number of benzene rings is 2. The highest BCUT2D eigenvalue weighted by Crippen LogP contribution is 2.33. The van der Waals surface area contributed by atoms with Gasteiger partial charge in [-0.2, -0.15) is 4.99 Å². The first-order valence-electron chi connectivity index (χ1n) is 10.0. The number of fused-ring (bicyclic) bond motifs is 1. The fourth-order valence-electron chi connectivity index (χ4n) is 3.85. The summed E-state index contributed by atoms with van der Waals surface area (Å²) in [6.07, 6.45) is 1.21. The zero-order chi connectivity index (χ0) is 20.5. The molecule has 1 aliphatic rings. The Morgan fingerprint density at radius 2 is 1.93 bits per heavy atom. The van der Waals surface area contributed by atoms with Crippen LogP contribution in [0.1, 0.15) is 38.2 Å². The minimum absolute atomic E-state index is 0.00461. The molecular weight excluding hydrogens is 382 g/mol. The van der Waals surface area contributed by atoms with Crippen LogP contribution in [0.15, 0.2) is 53.5 Å². The molecule has 5 nitrogen and oxygen atoms in total. The Hall–Kier alpha value is -2.73. The predicted molar refractivity (Wildman–Crippen MR) is 117 cm³/mol. The van der Waals surface area contributed by atoms with Crippen LogP contribution in [0.4, 0.5) is 5.69 Å². The van der Waals surface area contributed by atoms with Crippen molar-refractivity contribution in [2.45, 2.75) is 32.6 Å². The first kappa shape index (κ1) is 19.6. The van der Waals surface area contributed by atoms with Crippen LogP contribution in [0.2, 0.25) is 0 Å². The third kappa shape index (κ3) is 3.65. The summed E-state index contributed by atoms with van der Waals surface area (Å²) in [5.74, 6) is -0.271. The second-order valence-corrected chi connectivity index (χ2v) is 8.64. The maximum absolute atomic E-state index is 12.9. The maximum atomic E-state index is 12.9. The van der Waals surface area contributed by atoms with E-state index in [-0.39, 0.29) is 18.2 Å². The largest absolute Gasteiger partial charge is 0.319 e. The topological polar surface area (TPSA) is 54.7 Å². The van der Waals surface area contributed by atoms with Crippen LogP contribution < -0.4 is 9.70 Å². The molecule has 150 valence electrons. The van der Waals surface area contributed by atoms with Gasteiger partial charge in [0.25, 0.3) is 5.91 Å². The first-order chi connectivity index (χ1) is 14.0. The first-order valence-corrected chi connectivity index (χ1v) is 10.8. The fraction of sp³-hybridized carbons (Fsp3) is 0.348. The third-order valence-electron chi connectivity index (χ3n) is 5.77. The Kier molecular flexibility index (Phi) is 5.37. The Bertz CT molecular complexity index is 1140. The van der Waals surface area contributed by atoms with Crippen molar-refractivity contribution in [1.82, 2.24) is 4.57 Å². The molecule has 4 rings (SSSR count). The van der Waals surface area contributed by atoms with E-state index in [0.717, 1.165) is 27.9 Å². The highest BCUT2D eigenvalue weighted by molar-refractivity contribution is 7.16. The highest BCUT2D eigenvalue weighted by atomic mass is 32.1. The number of anilines is 1. The molecule has 29 heavy (non-hydrogen) atoms. The number of carbonyl (C=O) groups is 2. The minimum atomic E-state index is -0.405. The number of carbonyl (C=O) groups excluding carboxylic acids is 2. The molecule has 1 saturated heterocycles. The lowest BCUT2D eigenvalue weighted by atomic mass is 9.96. The van der Waals surface area contributed by atoms with Crippen LogP contribution in [-0.4, -0.2) is 22.9 Å². The molecule has 2 unspecified atom stereocenters. The van der Waals surface area contributed by atoms with Gasteiger partial charge in [-0.3, -0.25) is 9.59 Å². The van der Waals surface area contributed by atoms with Crippen molar-refractivity contribution < 1.29 is 9.59 Å². The zero-order valence-electron chi connectivity index (χ0n) is 17.0. The Morgan fingerprint density at radius 1 is 1.21 bits per heavy atom. The lowest BCUT2D eigenvalue weighted by molar-refractivity contribution is -0.123. The normalized spacial score (nSPS) is 18.6. The van der Waals surface area contributed by atoms with Crippen molar-refractivity contribution in [3.05, 3.63) is 58.9 Å². The van der Waals surface area contributed by atoms with Gasteiger partial charge < -0.3 is 9.47 Å². The molecule has 1 fully saturated rings. The summed E-state index contributed by atoms with van der Waals surface area (Å²) in [5, 5.41) is 0. The summed E-state index contributed by atoms with van der Waals surface area (Å²) >= 11 is 1.50. The molecule has 1 aromatic heterocycles. The van der Waals surface area contributed by atoms with E-state index in [2.05, 4.69) is 24.9 Å². The van der Waals surface area contributed by atoms with Crippen LogP contribution >= 0.6 is 11.3 Å². The monoisotopic (exact) mass is 407 g/mol. The smallest absolute Gasteiger partial charge is 0.253 e. The van der Waals surface area contributed by atoms with Crippen LogP contribution in [0.5, 0.6) is 0 Å². The van der Waals surface area contributed by atoms with Gasteiger partial charge in [-0.25, -0.2) is 0 Å². The summed E-state index contributed by atoms with van der Waals surface area (Å²) in [4.78, 5) is 32.4. The number of thiazole rings is 1. The maximum Gasteiger partial charge on any atom is 0.253 e. The van der Waals surface area contributed by atoms with Gasteiger partial charge in [-0.05, 0) is 36.1 Å². The lowest BCUT2D eigenvalue weighted by Crippen LogP contribution is -2.27. The van der Waals surface area contributed by atoms with Crippen LogP contribution in [0, 0.1) is 5.92 Å². The van der Waals surface area contributed by atoms with E-state index < -0.39 is 5.92 Å². The SMILES string of the molecule is CCC(C)c1ccccc1N1CC(C(=O)N=c2sc3ccccc3n2C)CC1=O. The summed E-state index contributed by atoms with van der Waals surface area (Å²) in [6.45, 7) is 4.70. The molecule has 0 bridgehead atoms. The Labute approximate surface area is 174 Å². The number of hydrogen-bond acceptors (Lipinski definition) is 3. The van der Waals surface area contributed by atoms with E-state index in [4.69, 9.17) is 0 Å². The second-order valence-electron chi connectivity index (χ2n) is 7.63. The van der Waals surface area contributed by atoms with E-state index in [1.165, 1.54) is 11.3 Å². The van der Waals surface area contributed by atoms with E-state index in [0.29, 0.717) is 17.3 Å². The van der Waals surface area contributed by atoms with E-state index >= 15 is 0 Å². The molecule has 0 aliphatic carbocycles. The van der Waals surface area contributed by atoms with Crippen molar-refractivity contribution >= 4 is 39.1 Å². The Morgan fingerprint density at radius 3 is 2.69 bits per heavy atom. The van der Waals surface area contributed by atoms with Crippen LogP contribution in [0.25, 0.3) is 10.2 Å². The molecular formula is C23H25N3O2S. The van der Waals surface area contributed by atoms with Gasteiger partial charge in [0.15, 0.2) is 4.80 Å². The lowest BCUT2D eigenvalue weighted by Gasteiger charge is -2.22. The molecule has 3 aromatic rings. The zero-order valence-corrected chi connectivity index (χ0v) is 17.8. The second kappa shape index (κ2) is 7.95. The summed E-state index contributed by atoms with van der Waals surface area (Å²) in [6, 6.07) is 16.0. The van der Waals surface area contributed by atoms with Crippen molar-refractivity contribution in [1.29, 1.82) is 0 Å². The molecule has 6 heteroatoms. The van der Waals surface area contributed by atoms with Gasteiger partial charge in [0.2, 0.25) is 5.91 Å². The highest BCUT2D eigenvalue weighted by Gasteiger charge is 2.36. The van der Waals surface area contributed by atoms with Crippen LogP contribution in [0.3, 0.4) is 0 Å². The van der Waals surface area contributed by atoms with Crippen molar-refractivity contribution in [2.24, 2.45) is 18.0 Å².